The van der Waals surface area contributed by atoms with Gasteiger partial charge in [0.15, 0.2) is 0 Å². The molecule has 0 spiro atoms. The second kappa shape index (κ2) is 6.76. The van der Waals surface area contributed by atoms with Crippen LogP contribution in [-0.4, -0.2) is 23.6 Å². The van der Waals surface area contributed by atoms with Gasteiger partial charge in [-0.25, -0.2) is 9.97 Å². The topological polar surface area (TPSA) is 41.1 Å². The number of halogens is 1. The number of hydrogen-bond acceptors (Lipinski definition) is 4. The maximum atomic E-state index is 6.08. The van der Waals surface area contributed by atoms with Crippen LogP contribution in [0.2, 0.25) is 5.02 Å². The maximum Gasteiger partial charge on any atom is 0.137 e. The minimum absolute atomic E-state index is 0.173. The van der Waals surface area contributed by atoms with Crippen molar-refractivity contribution in [1.29, 1.82) is 0 Å². The zero-order valence-electron chi connectivity index (χ0n) is 12.9. The molecule has 1 aromatic carbocycles. The van der Waals surface area contributed by atoms with Crippen molar-refractivity contribution < 1.29 is 0 Å². The first kappa shape index (κ1) is 15.6. The van der Waals surface area contributed by atoms with Crippen molar-refractivity contribution in [3.05, 3.63) is 46.7 Å². The van der Waals surface area contributed by atoms with Crippen LogP contribution in [0.5, 0.6) is 0 Å². The van der Waals surface area contributed by atoms with E-state index in [0.29, 0.717) is 0 Å². The summed E-state index contributed by atoms with van der Waals surface area (Å²) < 4.78 is 0. The Labute approximate surface area is 131 Å². The molecule has 0 saturated heterocycles. The molecule has 1 heterocycles. The first-order chi connectivity index (χ1) is 10.0. The summed E-state index contributed by atoms with van der Waals surface area (Å²) in [5.74, 6) is 1.81. The summed E-state index contributed by atoms with van der Waals surface area (Å²) in [6.07, 6.45) is 1.60. The number of aromatic nitrogens is 2. The van der Waals surface area contributed by atoms with Crippen LogP contribution in [-0.2, 0) is 0 Å². The molecule has 2 aromatic rings. The van der Waals surface area contributed by atoms with Gasteiger partial charge in [-0.05, 0) is 38.5 Å². The molecule has 0 aliphatic rings. The van der Waals surface area contributed by atoms with Gasteiger partial charge in [-0.15, -0.1) is 0 Å². The lowest BCUT2D eigenvalue weighted by atomic mass is 10.1. The Balaban J connectivity index is 2.31. The lowest BCUT2D eigenvalue weighted by Gasteiger charge is -2.28. The van der Waals surface area contributed by atoms with E-state index in [2.05, 4.69) is 40.1 Å². The van der Waals surface area contributed by atoms with E-state index in [1.165, 1.54) is 0 Å². The third kappa shape index (κ3) is 3.45. The van der Waals surface area contributed by atoms with Gasteiger partial charge < -0.3 is 10.2 Å². The number of benzene rings is 1. The molecule has 1 N–H and O–H groups in total. The molecule has 1 aromatic heterocycles. The Morgan fingerprint density at radius 2 is 2.10 bits per heavy atom. The standard InChI is InChI=1S/C16H21ClN4/c1-5-18-15-11(2)16(20-10-19-15)21(4)12(3)13-7-6-8-14(17)9-13/h6-10,12H,5H2,1-4H3,(H,18,19,20). The summed E-state index contributed by atoms with van der Waals surface area (Å²) in [5.41, 5.74) is 2.21. The SMILES string of the molecule is CCNc1ncnc(N(C)C(C)c2cccc(Cl)c2)c1C. The lowest BCUT2D eigenvalue weighted by Crippen LogP contribution is -2.24. The van der Waals surface area contributed by atoms with Crippen LogP contribution < -0.4 is 10.2 Å². The highest BCUT2D eigenvalue weighted by Crippen LogP contribution is 2.29. The Morgan fingerprint density at radius 1 is 1.33 bits per heavy atom. The molecule has 0 amide bonds. The highest BCUT2D eigenvalue weighted by molar-refractivity contribution is 6.30. The third-order valence-corrected chi connectivity index (χ3v) is 3.88. The van der Waals surface area contributed by atoms with Crippen molar-refractivity contribution in [2.45, 2.75) is 26.8 Å². The molecule has 0 saturated carbocycles. The van der Waals surface area contributed by atoms with Crippen molar-refractivity contribution in [2.24, 2.45) is 0 Å². The Kier molecular flexibility index (Phi) is 5.02. The zero-order valence-corrected chi connectivity index (χ0v) is 13.6. The van der Waals surface area contributed by atoms with Crippen LogP contribution in [0.4, 0.5) is 11.6 Å². The molecule has 2 rings (SSSR count). The minimum Gasteiger partial charge on any atom is -0.370 e. The Hall–Kier alpha value is -1.81. The van der Waals surface area contributed by atoms with Gasteiger partial charge in [-0.3, -0.25) is 0 Å². The maximum absolute atomic E-state index is 6.08. The highest BCUT2D eigenvalue weighted by atomic mass is 35.5. The van der Waals surface area contributed by atoms with E-state index in [9.17, 15) is 0 Å². The quantitative estimate of drug-likeness (QED) is 0.904. The van der Waals surface area contributed by atoms with Gasteiger partial charge in [0.25, 0.3) is 0 Å². The molecular formula is C16H21ClN4. The molecule has 0 radical (unpaired) electrons. The average Bonchev–Trinajstić information content (AvgIpc) is 2.48. The van der Waals surface area contributed by atoms with Crippen LogP contribution in [0.15, 0.2) is 30.6 Å². The second-order valence-electron chi connectivity index (χ2n) is 5.04. The van der Waals surface area contributed by atoms with Crippen molar-refractivity contribution >= 4 is 23.2 Å². The Morgan fingerprint density at radius 3 is 2.76 bits per heavy atom. The fourth-order valence-corrected chi connectivity index (χ4v) is 2.51. The van der Waals surface area contributed by atoms with Gasteiger partial charge in [0.05, 0.1) is 6.04 Å². The summed E-state index contributed by atoms with van der Waals surface area (Å²) >= 11 is 6.08. The highest BCUT2D eigenvalue weighted by Gasteiger charge is 2.17. The summed E-state index contributed by atoms with van der Waals surface area (Å²) in [6, 6.07) is 8.10. The number of anilines is 2. The number of nitrogens with zero attached hydrogens (tertiary/aromatic N) is 3. The van der Waals surface area contributed by atoms with Crippen molar-refractivity contribution in [3.8, 4) is 0 Å². The normalized spacial score (nSPS) is 12.0. The molecule has 0 aliphatic carbocycles. The smallest absolute Gasteiger partial charge is 0.137 e. The zero-order chi connectivity index (χ0) is 15.4. The van der Waals surface area contributed by atoms with Crippen LogP contribution in [0.25, 0.3) is 0 Å². The molecule has 0 aliphatic heterocycles. The van der Waals surface area contributed by atoms with E-state index in [1.807, 2.05) is 32.2 Å². The summed E-state index contributed by atoms with van der Waals surface area (Å²) in [7, 11) is 2.04. The van der Waals surface area contributed by atoms with Gasteiger partial charge in [-0.2, -0.15) is 0 Å². The summed E-state index contributed by atoms with van der Waals surface area (Å²) in [6.45, 7) is 7.07. The van der Waals surface area contributed by atoms with E-state index in [1.54, 1.807) is 6.33 Å². The monoisotopic (exact) mass is 304 g/mol. The molecule has 1 unspecified atom stereocenters. The van der Waals surface area contributed by atoms with Gasteiger partial charge in [0, 0.05) is 24.2 Å². The predicted octanol–water partition coefficient (Wildman–Crippen LogP) is 4.07. The van der Waals surface area contributed by atoms with Gasteiger partial charge in [0.2, 0.25) is 0 Å². The lowest BCUT2D eigenvalue weighted by molar-refractivity contribution is 0.724. The van der Waals surface area contributed by atoms with E-state index < -0.39 is 0 Å². The van der Waals surface area contributed by atoms with E-state index >= 15 is 0 Å². The Bertz CT molecular complexity index is 615. The summed E-state index contributed by atoms with van der Waals surface area (Å²) in [4.78, 5) is 10.9. The van der Waals surface area contributed by atoms with Crippen LogP contribution in [0.1, 0.15) is 31.0 Å². The molecule has 0 bridgehead atoms. The van der Waals surface area contributed by atoms with Crippen LogP contribution in [0.3, 0.4) is 0 Å². The largest absolute Gasteiger partial charge is 0.370 e. The van der Waals surface area contributed by atoms with E-state index in [4.69, 9.17) is 11.6 Å². The molecule has 5 heteroatoms. The van der Waals surface area contributed by atoms with Crippen molar-refractivity contribution in [3.63, 3.8) is 0 Å². The first-order valence-electron chi connectivity index (χ1n) is 7.08. The van der Waals surface area contributed by atoms with E-state index in [-0.39, 0.29) is 6.04 Å². The first-order valence-corrected chi connectivity index (χ1v) is 7.46. The average molecular weight is 305 g/mol. The third-order valence-electron chi connectivity index (χ3n) is 3.65. The number of rotatable bonds is 5. The van der Waals surface area contributed by atoms with Crippen molar-refractivity contribution in [2.75, 3.05) is 23.8 Å². The molecule has 21 heavy (non-hydrogen) atoms. The van der Waals surface area contributed by atoms with Gasteiger partial charge >= 0.3 is 0 Å². The predicted molar refractivity (Wildman–Crippen MR) is 89.2 cm³/mol. The van der Waals surface area contributed by atoms with Crippen LogP contribution in [0, 0.1) is 6.92 Å². The molecular weight excluding hydrogens is 284 g/mol. The van der Waals surface area contributed by atoms with Gasteiger partial charge in [-0.1, -0.05) is 23.7 Å². The summed E-state index contributed by atoms with van der Waals surface area (Å²) in [5, 5.41) is 4.01. The molecule has 4 nitrogen and oxygen atoms in total. The number of nitrogens with one attached hydrogen (secondary N) is 1. The number of hydrogen-bond donors (Lipinski definition) is 1. The van der Waals surface area contributed by atoms with Gasteiger partial charge in [0.1, 0.15) is 18.0 Å². The fourth-order valence-electron chi connectivity index (χ4n) is 2.32. The minimum atomic E-state index is 0.173. The fraction of sp³-hybridized carbons (Fsp3) is 0.375. The molecule has 1 atom stereocenters. The molecule has 112 valence electrons. The van der Waals surface area contributed by atoms with Crippen LogP contribution >= 0.6 is 11.6 Å². The molecule has 0 fully saturated rings. The van der Waals surface area contributed by atoms with E-state index in [0.717, 1.165) is 34.3 Å². The van der Waals surface area contributed by atoms with Crippen molar-refractivity contribution in [1.82, 2.24) is 9.97 Å². The second-order valence-corrected chi connectivity index (χ2v) is 5.48.